The molecule has 108 valence electrons. The van der Waals surface area contributed by atoms with Gasteiger partial charge in [0.05, 0.1) is 6.10 Å². The number of amides is 1. The van der Waals surface area contributed by atoms with Gasteiger partial charge >= 0.3 is 0 Å². The molecule has 1 atom stereocenters. The molecule has 0 radical (unpaired) electrons. The van der Waals surface area contributed by atoms with Gasteiger partial charge in [-0.3, -0.25) is 4.79 Å². The van der Waals surface area contributed by atoms with Crippen molar-refractivity contribution < 1.29 is 9.90 Å². The van der Waals surface area contributed by atoms with Crippen molar-refractivity contribution >= 4 is 5.91 Å². The summed E-state index contributed by atoms with van der Waals surface area (Å²) in [5, 5.41) is 12.9. The summed E-state index contributed by atoms with van der Waals surface area (Å²) >= 11 is 0. The molecular formula is C15H26N2O2. The molecule has 0 aliphatic heterocycles. The van der Waals surface area contributed by atoms with Crippen LogP contribution in [0.4, 0.5) is 0 Å². The number of carbonyl (C=O) groups excluding carboxylic acids is 1. The maximum atomic E-state index is 11.9. The van der Waals surface area contributed by atoms with Crippen molar-refractivity contribution in [2.75, 3.05) is 0 Å². The van der Waals surface area contributed by atoms with Gasteiger partial charge in [0.15, 0.2) is 0 Å². The highest BCUT2D eigenvalue weighted by Crippen LogP contribution is 2.18. The second-order valence-corrected chi connectivity index (χ2v) is 5.71. The van der Waals surface area contributed by atoms with E-state index in [1.165, 1.54) is 0 Å². The SMILES string of the molecule is CCCC(O)c1ccn(CC(=O)NC(C)(C)CC)c1. The lowest BCUT2D eigenvalue weighted by Crippen LogP contribution is -2.44. The first-order valence-corrected chi connectivity index (χ1v) is 7.02. The maximum Gasteiger partial charge on any atom is 0.240 e. The van der Waals surface area contributed by atoms with Gasteiger partial charge in [-0.2, -0.15) is 0 Å². The zero-order valence-electron chi connectivity index (χ0n) is 12.4. The van der Waals surface area contributed by atoms with Gasteiger partial charge in [-0.15, -0.1) is 0 Å². The molecule has 1 heterocycles. The monoisotopic (exact) mass is 266 g/mol. The largest absolute Gasteiger partial charge is 0.388 e. The topological polar surface area (TPSA) is 54.3 Å². The van der Waals surface area contributed by atoms with E-state index in [0.717, 1.165) is 24.8 Å². The summed E-state index contributed by atoms with van der Waals surface area (Å²) in [4.78, 5) is 11.9. The van der Waals surface area contributed by atoms with Crippen molar-refractivity contribution in [1.29, 1.82) is 0 Å². The zero-order valence-corrected chi connectivity index (χ0v) is 12.4. The quantitative estimate of drug-likeness (QED) is 0.797. The van der Waals surface area contributed by atoms with Gasteiger partial charge in [0.1, 0.15) is 6.54 Å². The first kappa shape index (κ1) is 15.8. The van der Waals surface area contributed by atoms with E-state index in [9.17, 15) is 9.90 Å². The van der Waals surface area contributed by atoms with E-state index >= 15 is 0 Å². The van der Waals surface area contributed by atoms with Gasteiger partial charge in [-0.25, -0.2) is 0 Å². The fourth-order valence-corrected chi connectivity index (χ4v) is 1.87. The van der Waals surface area contributed by atoms with Crippen LogP contribution in [0.3, 0.4) is 0 Å². The van der Waals surface area contributed by atoms with E-state index in [2.05, 4.69) is 12.2 Å². The Labute approximate surface area is 115 Å². The van der Waals surface area contributed by atoms with Crippen LogP contribution in [-0.4, -0.2) is 21.1 Å². The van der Waals surface area contributed by atoms with E-state index in [4.69, 9.17) is 0 Å². The van der Waals surface area contributed by atoms with Crippen LogP contribution >= 0.6 is 0 Å². The molecule has 1 aromatic rings. The number of rotatable bonds is 7. The zero-order chi connectivity index (χ0) is 14.5. The predicted molar refractivity (Wildman–Crippen MR) is 76.8 cm³/mol. The average Bonchev–Trinajstić information content (AvgIpc) is 2.77. The molecule has 1 amide bonds. The van der Waals surface area contributed by atoms with Crippen LogP contribution in [0.1, 0.15) is 58.6 Å². The fraction of sp³-hybridized carbons (Fsp3) is 0.667. The molecule has 0 bridgehead atoms. The summed E-state index contributed by atoms with van der Waals surface area (Å²) in [6.45, 7) is 8.41. The van der Waals surface area contributed by atoms with Gasteiger partial charge in [0.2, 0.25) is 5.91 Å². The van der Waals surface area contributed by atoms with Crippen LogP contribution < -0.4 is 5.32 Å². The first-order chi connectivity index (χ1) is 8.88. The van der Waals surface area contributed by atoms with Gasteiger partial charge in [-0.1, -0.05) is 20.3 Å². The molecule has 19 heavy (non-hydrogen) atoms. The van der Waals surface area contributed by atoms with Crippen LogP contribution in [0, 0.1) is 0 Å². The molecule has 0 saturated carbocycles. The van der Waals surface area contributed by atoms with E-state index in [1.54, 1.807) is 0 Å². The number of aliphatic hydroxyl groups is 1. The second-order valence-electron chi connectivity index (χ2n) is 5.71. The smallest absolute Gasteiger partial charge is 0.240 e. The van der Waals surface area contributed by atoms with Crippen molar-refractivity contribution in [2.45, 2.75) is 65.1 Å². The Balaban J connectivity index is 2.56. The van der Waals surface area contributed by atoms with Crippen LogP contribution in [0.5, 0.6) is 0 Å². The standard InChI is InChI=1S/C15H26N2O2/c1-5-7-13(18)12-8-9-17(10-12)11-14(19)16-15(3,4)6-2/h8-10,13,18H,5-7,11H2,1-4H3,(H,16,19). The molecule has 1 aromatic heterocycles. The summed E-state index contributed by atoms with van der Waals surface area (Å²) in [7, 11) is 0. The van der Waals surface area contributed by atoms with Crippen molar-refractivity contribution in [2.24, 2.45) is 0 Å². The molecule has 1 unspecified atom stereocenters. The minimum Gasteiger partial charge on any atom is -0.388 e. The van der Waals surface area contributed by atoms with E-state index in [-0.39, 0.29) is 11.4 Å². The molecule has 2 N–H and O–H groups in total. The summed E-state index contributed by atoms with van der Waals surface area (Å²) in [6.07, 6.45) is 5.84. The first-order valence-electron chi connectivity index (χ1n) is 7.02. The van der Waals surface area contributed by atoms with Crippen molar-refractivity contribution in [3.05, 3.63) is 24.0 Å². The number of aliphatic hydroxyl groups excluding tert-OH is 1. The number of nitrogens with zero attached hydrogens (tertiary/aromatic N) is 1. The lowest BCUT2D eigenvalue weighted by atomic mass is 10.0. The summed E-state index contributed by atoms with van der Waals surface area (Å²) in [6, 6.07) is 1.87. The van der Waals surface area contributed by atoms with Gasteiger partial charge in [0, 0.05) is 17.9 Å². The number of carbonyl (C=O) groups is 1. The summed E-state index contributed by atoms with van der Waals surface area (Å²) in [5.41, 5.74) is 0.707. The molecule has 1 rings (SSSR count). The van der Waals surface area contributed by atoms with Gasteiger partial charge in [-0.05, 0) is 38.3 Å². The minimum absolute atomic E-state index is 0.000943. The average molecular weight is 266 g/mol. The second kappa shape index (κ2) is 6.75. The van der Waals surface area contributed by atoms with Crippen LogP contribution in [0.2, 0.25) is 0 Å². The molecule has 4 heteroatoms. The Kier molecular flexibility index (Phi) is 5.60. The Morgan fingerprint density at radius 2 is 2.16 bits per heavy atom. The number of hydrogen-bond acceptors (Lipinski definition) is 2. The van der Waals surface area contributed by atoms with Crippen molar-refractivity contribution in [3.63, 3.8) is 0 Å². The van der Waals surface area contributed by atoms with E-state index in [0.29, 0.717) is 6.54 Å². The third kappa shape index (κ3) is 5.07. The fourth-order valence-electron chi connectivity index (χ4n) is 1.87. The van der Waals surface area contributed by atoms with Crippen LogP contribution in [0.15, 0.2) is 18.5 Å². The summed E-state index contributed by atoms with van der Waals surface area (Å²) < 4.78 is 1.81. The molecule has 0 aliphatic carbocycles. The highest BCUT2D eigenvalue weighted by molar-refractivity contribution is 5.76. The van der Waals surface area contributed by atoms with Gasteiger partial charge < -0.3 is 15.0 Å². The molecule has 0 aromatic carbocycles. The third-order valence-corrected chi connectivity index (χ3v) is 3.41. The lowest BCUT2D eigenvalue weighted by Gasteiger charge is -2.24. The van der Waals surface area contributed by atoms with E-state index < -0.39 is 6.10 Å². The van der Waals surface area contributed by atoms with E-state index in [1.807, 2.05) is 43.8 Å². The Hall–Kier alpha value is -1.29. The Morgan fingerprint density at radius 3 is 2.74 bits per heavy atom. The number of aromatic nitrogens is 1. The van der Waals surface area contributed by atoms with Crippen LogP contribution in [-0.2, 0) is 11.3 Å². The molecule has 0 saturated heterocycles. The minimum atomic E-state index is -0.429. The molecule has 0 aliphatic rings. The van der Waals surface area contributed by atoms with Crippen molar-refractivity contribution in [1.82, 2.24) is 9.88 Å². The summed E-state index contributed by atoms with van der Waals surface area (Å²) in [5.74, 6) is -0.000943. The highest BCUT2D eigenvalue weighted by atomic mass is 16.3. The molecule has 0 spiro atoms. The highest BCUT2D eigenvalue weighted by Gasteiger charge is 2.18. The maximum absolute atomic E-state index is 11.9. The predicted octanol–water partition coefficient (Wildman–Crippen LogP) is 2.63. The lowest BCUT2D eigenvalue weighted by molar-refractivity contribution is -0.123. The molecular weight excluding hydrogens is 240 g/mol. The Bertz CT molecular complexity index is 410. The number of hydrogen-bond donors (Lipinski definition) is 2. The van der Waals surface area contributed by atoms with Crippen molar-refractivity contribution in [3.8, 4) is 0 Å². The van der Waals surface area contributed by atoms with Crippen LogP contribution in [0.25, 0.3) is 0 Å². The molecule has 4 nitrogen and oxygen atoms in total. The molecule has 0 fully saturated rings. The van der Waals surface area contributed by atoms with Gasteiger partial charge in [0.25, 0.3) is 0 Å². The normalized spacial score (nSPS) is 13.3. The third-order valence-electron chi connectivity index (χ3n) is 3.41. The Morgan fingerprint density at radius 1 is 1.47 bits per heavy atom. The number of nitrogens with one attached hydrogen (secondary N) is 1.